The number of rotatable bonds is 7. The molecule has 4 heteroatoms. The van der Waals surface area contributed by atoms with Gasteiger partial charge in [0.15, 0.2) is 6.10 Å². The average molecular weight is 348 g/mol. The van der Waals surface area contributed by atoms with Crippen molar-refractivity contribution in [1.29, 1.82) is 0 Å². The summed E-state index contributed by atoms with van der Waals surface area (Å²) in [5.41, 5.74) is 1.77. The highest BCUT2D eigenvalue weighted by molar-refractivity contribution is 5.73. The summed E-state index contributed by atoms with van der Waals surface area (Å²) in [4.78, 5) is 11.6. The molecule has 132 valence electrons. The summed E-state index contributed by atoms with van der Waals surface area (Å²) in [6.07, 6.45) is -0.674. The predicted octanol–water partition coefficient (Wildman–Crippen LogP) is 4.86. The van der Waals surface area contributed by atoms with Gasteiger partial charge in [0.1, 0.15) is 17.2 Å². The fourth-order valence-corrected chi connectivity index (χ4v) is 2.55. The largest absolute Gasteiger partial charge is 0.478 e. The Morgan fingerprint density at radius 1 is 0.885 bits per heavy atom. The molecule has 0 aromatic heterocycles. The topological polar surface area (TPSA) is 55.8 Å². The third-order valence-corrected chi connectivity index (χ3v) is 3.96. The van der Waals surface area contributed by atoms with Crippen molar-refractivity contribution in [3.8, 4) is 17.2 Å². The van der Waals surface area contributed by atoms with Crippen LogP contribution in [0.15, 0.2) is 78.9 Å². The fourth-order valence-electron chi connectivity index (χ4n) is 2.55. The smallest absolute Gasteiger partial charge is 0.345 e. The van der Waals surface area contributed by atoms with Gasteiger partial charge in [-0.15, -0.1) is 0 Å². The quantitative estimate of drug-likeness (QED) is 0.662. The Balaban J connectivity index is 1.67. The number of para-hydroxylation sites is 2. The molecule has 3 rings (SSSR count). The van der Waals surface area contributed by atoms with E-state index in [4.69, 9.17) is 9.47 Å². The maximum atomic E-state index is 11.6. The molecule has 0 heterocycles. The summed E-state index contributed by atoms with van der Waals surface area (Å²) in [6, 6.07) is 24.3. The van der Waals surface area contributed by atoms with Crippen LogP contribution < -0.4 is 9.47 Å². The monoisotopic (exact) mass is 348 g/mol. The molecule has 0 amide bonds. The van der Waals surface area contributed by atoms with Crippen molar-refractivity contribution in [3.63, 3.8) is 0 Å². The first-order chi connectivity index (χ1) is 12.6. The highest BCUT2D eigenvalue weighted by Crippen LogP contribution is 2.23. The van der Waals surface area contributed by atoms with Gasteiger partial charge in [0.25, 0.3) is 0 Å². The number of aryl methyl sites for hydroxylation is 1. The average Bonchev–Trinajstić information content (AvgIpc) is 2.65. The Morgan fingerprint density at radius 2 is 1.50 bits per heavy atom. The van der Waals surface area contributed by atoms with Gasteiger partial charge in [-0.1, -0.05) is 48.5 Å². The molecule has 0 unspecified atom stereocenters. The van der Waals surface area contributed by atoms with E-state index in [0.717, 1.165) is 16.9 Å². The molecular weight excluding hydrogens is 328 g/mol. The van der Waals surface area contributed by atoms with E-state index < -0.39 is 12.1 Å². The zero-order chi connectivity index (χ0) is 18.4. The maximum absolute atomic E-state index is 11.6. The summed E-state index contributed by atoms with van der Waals surface area (Å²) in [7, 11) is 0. The van der Waals surface area contributed by atoms with Gasteiger partial charge >= 0.3 is 5.97 Å². The van der Waals surface area contributed by atoms with E-state index >= 15 is 0 Å². The molecule has 0 saturated heterocycles. The molecule has 3 aromatic carbocycles. The summed E-state index contributed by atoms with van der Waals surface area (Å²) >= 11 is 0. The molecule has 3 aromatic rings. The fraction of sp³-hybridized carbons (Fsp3) is 0.136. The van der Waals surface area contributed by atoms with E-state index in [0.29, 0.717) is 11.5 Å². The highest BCUT2D eigenvalue weighted by atomic mass is 16.5. The molecule has 1 N–H and O–H groups in total. The van der Waals surface area contributed by atoms with E-state index in [9.17, 15) is 9.90 Å². The molecular formula is C22H20O4. The number of hydrogen-bond donors (Lipinski definition) is 1. The van der Waals surface area contributed by atoms with Crippen LogP contribution in [0.2, 0.25) is 0 Å². The molecule has 0 aliphatic rings. The Bertz CT molecular complexity index is 857. The van der Waals surface area contributed by atoms with E-state index in [-0.39, 0.29) is 6.42 Å². The molecule has 0 fully saturated rings. The second-order valence-corrected chi connectivity index (χ2v) is 5.97. The van der Waals surface area contributed by atoms with E-state index in [1.54, 1.807) is 6.07 Å². The lowest BCUT2D eigenvalue weighted by Gasteiger charge is -2.17. The minimum absolute atomic E-state index is 0.273. The van der Waals surface area contributed by atoms with Crippen molar-refractivity contribution >= 4 is 5.97 Å². The van der Waals surface area contributed by atoms with Gasteiger partial charge in [0.05, 0.1) is 0 Å². The molecule has 0 aliphatic heterocycles. The minimum Gasteiger partial charge on any atom is -0.478 e. The number of carbonyl (C=O) groups is 1. The summed E-state index contributed by atoms with van der Waals surface area (Å²) in [5, 5.41) is 9.49. The van der Waals surface area contributed by atoms with Crippen molar-refractivity contribution < 1.29 is 19.4 Å². The van der Waals surface area contributed by atoms with E-state index in [1.807, 2.05) is 79.7 Å². The van der Waals surface area contributed by atoms with Crippen molar-refractivity contribution in [2.24, 2.45) is 0 Å². The predicted molar refractivity (Wildman–Crippen MR) is 99.9 cm³/mol. The SMILES string of the molecule is Cc1ccccc1O[C@@H](Cc1ccc(Oc2ccccc2)cc1)C(=O)O. The number of carboxylic acids is 1. The standard InChI is InChI=1S/C22H20O4/c1-16-7-5-6-10-20(16)26-21(22(23)24)15-17-11-13-19(14-12-17)25-18-8-3-2-4-9-18/h2-14,21H,15H2,1H3,(H,23,24)/t21-/m0/s1. The summed E-state index contributed by atoms with van der Waals surface area (Å²) in [5.74, 6) is 1.06. The number of aliphatic carboxylic acids is 1. The van der Waals surface area contributed by atoms with Gasteiger partial charge in [-0.25, -0.2) is 4.79 Å². The van der Waals surface area contributed by atoms with Crippen LogP contribution >= 0.6 is 0 Å². The Kier molecular flexibility index (Phi) is 5.54. The highest BCUT2D eigenvalue weighted by Gasteiger charge is 2.20. The lowest BCUT2D eigenvalue weighted by atomic mass is 10.1. The van der Waals surface area contributed by atoms with Gasteiger partial charge < -0.3 is 14.6 Å². The summed E-state index contributed by atoms with van der Waals surface area (Å²) in [6.45, 7) is 1.89. The van der Waals surface area contributed by atoms with E-state index in [2.05, 4.69) is 0 Å². The number of ether oxygens (including phenoxy) is 2. The number of hydrogen-bond acceptors (Lipinski definition) is 3. The molecule has 1 atom stereocenters. The van der Waals surface area contributed by atoms with Crippen molar-refractivity contribution in [2.45, 2.75) is 19.4 Å². The van der Waals surface area contributed by atoms with Crippen LogP contribution in [-0.4, -0.2) is 17.2 Å². The van der Waals surface area contributed by atoms with Crippen molar-refractivity contribution in [2.75, 3.05) is 0 Å². The van der Waals surface area contributed by atoms with Gasteiger partial charge in [0, 0.05) is 6.42 Å². The molecule has 0 bridgehead atoms. The van der Waals surface area contributed by atoms with Crippen LogP contribution in [0.5, 0.6) is 17.2 Å². The van der Waals surface area contributed by atoms with Crippen molar-refractivity contribution in [3.05, 3.63) is 90.0 Å². The first-order valence-corrected chi connectivity index (χ1v) is 8.39. The Labute approximate surface area is 152 Å². The second-order valence-electron chi connectivity index (χ2n) is 5.97. The first kappa shape index (κ1) is 17.5. The lowest BCUT2D eigenvalue weighted by molar-refractivity contribution is -0.145. The van der Waals surface area contributed by atoms with Gasteiger partial charge in [0.2, 0.25) is 0 Å². The Morgan fingerprint density at radius 3 is 2.15 bits per heavy atom. The molecule has 26 heavy (non-hydrogen) atoms. The van der Waals surface area contributed by atoms with Gasteiger partial charge in [-0.2, -0.15) is 0 Å². The first-order valence-electron chi connectivity index (χ1n) is 8.39. The van der Waals surface area contributed by atoms with E-state index in [1.165, 1.54) is 0 Å². The second kappa shape index (κ2) is 8.21. The van der Waals surface area contributed by atoms with Crippen molar-refractivity contribution in [1.82, 2.24) is 0 Å². The third kappa shape index (κ3) is 4.63. The van der Waals surface area contributed by atoms with Crippen LogP contribution in [0.25, 0.3) is 0 Å². The zero-order valence-electron chi connectivity index (χ0n) is 14.5. The molecule has 0 radical (unpaired) electrons. The third-order valence-electron chi connectivity index (χ3n) is 3.96. The molecule has 0 saturated carbocycles. The zero-order valence-corrected chi connectivity index (χ0v) is 14.5. The van der Waals surface area contributed by atoms with Crippen LogP contribution in [0.1, 0.15) is 11.1 Å². The van der Waals surface area contributed by atoms with Crippen LogP contribution in [0.4, 0.5) is 0 Å². The molecule has 0 aliphatic carbocycles. The Hall–Kier alpha value is -3.27. The normalized spacial score (nSPS) is 11.6. The maximum Gasteiger partial charge on any atom is 0.345 e. The van der Waals surface area contributed by atoms with Crippen LogP contribution in [0.3, 0.4) is 0 Å². The lowest BCUT2D eigenvalue weighted by Crippen LogP contribution is -2.29. The van der Waals surface area contributed by atoms with Gasteiger partial charge in [-0.3, -0.25) is 0 Å². The van der Waals surface area contributed by atoms with Gasteiger partial charge in [-0.05, 0) is 48.4 Å². The number of benzene rings is 3. The van der Waals surface area contributed by atoms with Crippen LogP contribution in [0, 0.1) is 6.92 Å². The summed E-state index contributed by atoms with van der Waals surface area (Å²) < 4.78 is 11.5. The molecule has 0 spiro atoms. The minimum atomic E-state index is -0.988. The van der Waals surface area contributed by atoms with Crippen LogP contribution in [-0.2, 0) is 11.2 Å². The molecule has 4 nitrogen and oxygen atoms in total. The number of carboxylic acid groups (broad SMARTS) is 1.